The van der Waals surface area contributed by atoms with E-state index in [1.165, 1.54) is 24.3 Å². The maximum atomic E-state index is 12.0. The van der Waals surface area contributed by atoms with Crippen molar-refractivity contribution in [3.63, 3.8) is 0 Å². The highest BCUT2D eigenvalue weighted by Gasteiger charge is 2.30. The second kappa shape index (κ2) is 7.14. The van der Waals surface area contributed by atoms with Crippen molar-refractivity contribution in [2.75, 3.05) is 0 Å². The van der Waals surface area contributed by atoms with Crippen molar-refractivity contribution in [1.29, 1.82) is 0 Å². The Balaban J connectivity index is 2.45. The summed E-state index contributed by atoms with van der Waals surface area (Å²) in [6.07, 6.45) is -2.87. The number of carboxylic acid groups (broad SMARTS) is 1. The van der Waals surface area contributed by atoms with Crippen molar-refractivity contribution >= 4 is 5.97 Å². The van der Waals surface area contributed by atoms with E-state index < -0.39 is 12.3 Å². The highest BCUT2D eigenvalue weighted by Crippen LogP contribution is 2.25. The summed E-state index contributed by atoms with van der Waals surface area (Å²) in [5, 5.41) is 8.48. The van der Waals surface area contributed by atoms with Crippen molar-refractivity contribution in [2.45, 2.75) is 38.1 Å². The number of carbonyl (C=O) groups is 1. The molecule has 0 aliphatic rings. The molecule has 0 aliphatic carbocycles. The summed E-state index contributed by atoms with van der Waals surface area (Å²) in [7, 11) is 0. The molecule has 7 heteroatoms. The number of hydrogen-bond acceptors (Lipinski definition) is 3. The lowest BCUT2D eigenvalue weighted by molar-refractivity contribution is -0.274. The molecule has 3 N–H and O–H groups in total. The molecule has 0 aromatic heterocycles. The molecule has 20 heavy (non-hydrogen) atoms. The Labute approximate surface area is 114 Å². The molecular formula is C13H16F3NO3. The van der Waals surface area contributed by atoms with Crippen LogP contribution < -0.4 is 10.5 Å². The highest BCUT2D eigenvalue weighted by atomic mass is 19.4. The van der Waals surface area contributed by atoms with Gasteiger partial charge in [0, 0.05) is 12.5 Å². The van der Waals surface area contributed by atoms with Crippen molar-refractivity contribution in [2.24, 2.45) is 5.73 Å². The van der Waals surface area contributed by atoms with E-state index in [-0.39, 0.29) is 18.2 Å². The van der Waals surface area contributed by atoms with Crippen LogP contribution in [0.1, 0.15) is 37.3 Å². The van der Waals surface area contributed by atoms with Crippen LogP contribution in [0.25, 0.3) is 0 Å². The second-order valence-corrected chi connectivity index (χ2v) is 4.36. The largest absolute Gasteiger partial charge is 0.573 e. The number of halogens is 3. The maximum Gasteiger partial charge on any atom is 0.573 e. The molecule has 1 aromatic rings. The average molecular weight is 291 g/mol. The van der Waals surface area contributed by atoms with Crippen LogP contribution >= 0.6 is 0 Å². The monoisotopic (exact) mass is 291 g/mol. The van der Waals surface area contributed by atoms with Gasteiger partial charge in [0.05, 0.1) is 0 Å². The first-order valence-corrected chi connectivity index (χ1v) is 6.11. The molecule has 0 saturated heterocycles. The molecule has 0 aliphatic heterocycles. The van der Waals surface area contributed by atoms with Crippen molar-refractivity contribution in [3.8, 4) is 5.75 Å². The van der Waals surface area contributed by atoms with E-state index in [0.29, 0.717) is 24.8 Å². The van der Waals surface area contributed by atoms with Crippen LogP contribution in [0.4, 0.5) is 13.2 Å². The summed E-state index contributed by atoms with van der Waals surface area (Å²) < 4.78 is 39.7. The van der Waals surface area contributed by atoms with Gasteiger partial charge in [-0.25, -0.2) is 0 Å². The molecule has 0 bridgehead atoms. The van der Waals surface area contributed by atoms with Crippen molar-refractivity contribution in [1.82, 2.24) is 0 Å². The van der Waals surface area contributed by atoms with Gasteiger partial charge in [0.15, 0.2) is 0 Å². The number of benzene rings is 1. The zero-order valence-corrected chi connectivity index (χ0v) is 10.7. The van der Waals surface area contributed by atoms with Crippen LogP contribution in [-0.2, 0) is 4.79 Å². The normalized spacial score (nSPS) is 13.0. The number of unbranched alkanes of at least 4 members (excludes halogenated alkanes) is 1. The highest BCUT2D eigenvalue weighted by molar-refractivity contribution is 5.66. The van der Waals surface area contributed by atoms with Gasteiger partial charge in [0.2, 0.25) is 0 Å². The summed E-state index contributed by atoms with van der Waals surface area (Å²) in [6, 6.07) is 5.04. The van der Waals surface area contributed by atoms with Crippen LogP contribution in [0.15, 0.2) is 24.3 Å². The predicted octanol–water partition coefficient (Wildman–Crippen LogP) is 3.23. The van der Waals surface area contributed by atoms with Crippen LogP contribution in [-0.4, -0.2) is 17.4 Å². The third kappa shape index (κ3) is 6.42. The number of carboxylic acids is 1. The van der Waals surface area contributed by atoms with Crippen LogP contribution in [0.5, 0.6) is 5.75 Å². The minimum Gasteiger partial charge on any atom is -0.481 e. The summed E-state index contributed by atoms with van der Waals surface area (Å²) in [5.74, 6) is -1.15. The van der Waals surface area contributed by atoms with Gasteiger partial charge in [-0.15, -0.1) is 13.2 Å². The first-order chi connectivity index (χ1) is 9.28. The zero-order chi connectivity index (χ0) is 15.2. The lowest BCUT2D eigenvalue weighted by Gasteiger charge is -2.13. The molecule has 1 unspecified atom stereocenters. The van der Waals surface area contributed by atoms with E-state index in [4.69, 9.17) is 10.8 Å². The fourth-order valence-electron chi connectivity index (χ4n) is 1.72. The molecule has 1 atom stereocenters. The summed E-state index contributed by atoms with van der Waals surface area (Å²) in [5.41, 5.74) is 6.57. The smallest absolute Gasteiger partial charge is 0.481 e. The Morgan fingerprint density at radius 3 is 2.35 bits per heavy atom. The molecule has 1 rings (SSSR count). The Bertz CT molecular complexity index is 431. The minimum atomic E-state index is -4.71. The SMILES string of the molecule is NC(CCCCC(=O)O)c1ccc(OC(F)(F)F)cc1. The van der Waals surface area contributed by atoms with Gasteiger partial charge in [-0.05, 0) is 30.5 Å². The first-order valence-electron chi connectivity index (χ1n) is 6.11. The van der Waals surface area contributed by atoms with E-state index in [1.54, 1.807) is 0 Å². The number of nitrogens with two attached hydrogens (primary N) is 1. The molecular weight excluding hydrogens is 275 g/mol. The van der Waals surface area contributed by atoms with Gasteiger partial charge in [0.1, 0.15) is 5.75 Å². The number of ether oxygens (including phenoxy) is 1. The molecule has 0 heterocycles. The van der Waals surface area contributed by atoms with E-state index >= 15 is 0 Å². The Morgan fingerprint density at radius 1 is 1.25 bits per heavy atom. The van der Waals surface area contributed by atoms with Gasteiger partial charge in [0.25, 0.3) is 0 Å². The van der Waals surface area contributed by atoms with Gasteiger partial charge >= 0.3 is 12.3 Å². The maximum absolute atomic E-state index is 12.0. The van der Waals surface area contributed by atoms with Crippen LogP contribution in [0.3, 0.4) is 0 Å². The second-order valence-electron chi connectivity index (χ2n) is 4.36. The minimum absolute atomic E-state index is 0.0884. The van der Waals surface area contributed by atoms with E-state index in [1.807, 2.05) is 0 Å². The van der Waals surface area contributed by atoms with Gasteiger partial charge in [-0.2, -0.15) is 0 Å². The average Bonchev–Trinajstić information content (AvgIpc) is 2.33. The quantitative estimate of drug-likeness (QED) is 0.756. The number of alkyl halides is 3. The Kier molecular flexibility index (Phi) is 5.82. The standard InChI is InChI=1S/C13H16F3NO3/c14-13(15,16)20-10-7-5-9(6-8-10)11(17)3-1-2-4-12(18)19/h5-8,11H,1-4,17H2,(H,18,19). The molecule has 1 aromatic carbocycles. The number of rotatable bonds is 7. The number of aliphatic carboxylic acids is 1. The van der Waals surface area contributed by atoms with Crippen LogP contribution in [0, 0.1) is 0 Å². The van der Waals surface area contributed by atoms with E-state index in [9.17, 15) is 18.0 Å². The zero-order valence-electron chi connectivity index (χ0n) is 10.7. The predicted molar refractivity (Wildman–Crippen MR) is 66.2 cm³/mol. The van der Waals surface area contributed by atoms with Crippen molar-refractivity contribution in [3.05, 3.63) is 29.8 Å². The van der Waals surface area contributed by atoms with E-state index in [0.717, 1.165) is 0 Å². The molecule has 0 spiro atoms. The van der Waals surface area contributed by atoms with E-state index in [2.05, 4.69) is 4.74 Å². The van der Waals surface area contributed by atoms with Gasteiger partial charge in [-0.3, -0.25) is 4.79 Å². The number of hydrogen-bond donors (Lipinski definition) is 2. The fraction of sp³-hybridized carbons (Fsp3) is 0.462. The topological polar surface area (TPSA) is 72.6 Å². The molecule has 0 radical (unpaired) electrons. The molecule has 0 saturated carbocycles. The fourth-order valence-corrected chi connectivity index (χ4v) is 1.72. The summed E-state index contributed by atoms with van der Waals surface area (Å²) in [4.78, 5) is 10.3. The molecule has 112 valence electrons. The van der Waals surface area contributed by atoms with Gasteiger partial charge < -0.3 is 15.6 Å². The summed E-state index contributed by atoms with van der Waals surface area (Å²) in [6.45, 7) is 0. The lowest BCUT2D eigenvalue weighted by Crippen LogP contribution is -2.17. The molecule has 0 amide bonds. The third-order valence-corrected chi connectivity index (χ3v) is 2.70. The Hall–Kier alpha value is -1.76. The van der Waals surface area contributed by atoms with Crippen LogP contribution in [0.2, 0.25) is 0 Å². The summed E-state index contributed by atoms with van der Waals surface area (Å²) >= 11 is 0. The molecule has 0 fully saturated rings. The molecule has 4 nitrogen and oxygen atoms in total. The first kappa shape index (κ1) is 16.3. The van der Waals surface area contributed by atoms with Gasteiger partial charge in [-0.1, -0.05) is 18.6 Å². The third-order valence-electron chi connectivity index (χ3n) is 2.70. The Morgan fingerprint density at radius 2 is 1.85 bits per heavy atom. The lowest BCUT2D eigenvalue weighted by atomic mass is 10.0. The van der Waals surface area contributed by atoms with Crippen molar-refractivity contribution < 1.29 is 27.8 Å².